The Kier molecular flexibility index (Phi) is 5.36. The quantitative estimate of drug-likeness (QED) is 0.727. The zero-order valence-corrected chi connectivity index (χ0v) is 16.8. The average Bonchev–Trinajstić information content (AvgIpc) is 3.25. The molecular formula is C21H22N4O2S. The SMILES string of the molecule is Cc1cc(N2CCOCC2)c(NC(=O)c2cccc(-c3cscn3)c2)c(C)n1. The fraction of sp³-hybridized carbons (Fsp3) is 0.286. The first-order valence-electron chi connectivity index (χ1n) is 9.23. The highest BCUT2D eigenvalue weighted by Gasteiger charge is 2.20. The smallest absolute Gasteiger partial charge is 0.255 e. The number of carbonyl (C=O) groups excluding carboxylic acids is 1. The van der Waals surface area contributed by atoms with E-state index in [9.17, 15) is 4.79 Å². The first-order valence-corrected chi connectivity index (χ1v) is 10.2. The zero-order valence-electron chi connectivity index (χ0n) is 15.9. The predicted molar refractivity (Wildman–Crippen MR) is 112 cm³/mol. The molecular weight excluding hydrogens is 372 g/mol. The molecule has 0 aliphatic carbocycles. The number of nitrogens with zero attached hydrogens (tertiary/aromatic N) is 3. The van der Waals surface area contributed by atoms with Crippen molar-refractivity contribution in [2.24, 2.45) is 0 Å². The van der Waals surface area contributed by atoms with Gasteiger partial charge in [-0.15, -0.1) is 11.3 Å². The molecule has 7 heteroatoms. The zero-order chi connectivity index (χ0) is 19.5. The number of rotatable bonds is 4. The Hall–Kier alpha value is -2.77. The van der Waals surface area contributed by atoms with E-state index in [0.29, 0.717) is 18.8 Å². The lowest BCUT2D eigenvalue weighted by atomic mass is 10.1. The minimum Gasteiger partial charge on any atom is -0.378 e. The molecule has 4 rings (SSSR count). The summed E-state index contributed by atoms with van der Waals surface area (Å²) in [5.74, 6) is -0.152. The highest BCUT2D eigenvalue weighted by atomic mass is 32.1. The molecule has 1 amide bonds. The largest absolute Gasteiger partial charge is 0.378 e. The van der Waals surface area contributed by atoms with Crippen LogP contribution >= 0.6 is 11.3 Å². The van der Waals surface area contributed by atoms with Gasteiger partial charge in [-0.05, 0) is 32.0 Å². The summed E-state index contributed by atoms with van der Waals surface area (Å²) in [7, 11) is 0. The molecule has 1 fully saturated rings. The summed E-state index contributed by atoms with van der Waals surface area (Å²) in [5.41, 5.74) is 7.70. The van der Waals surface area contributed by atoms with Gasteiger partial charge in [0, 0.05) is 35.3 Å². The number of aromatic nitrogens is 2. The van der Waals surface area contributed by atoms with Gasteiger partial charge < -0.3 is 15.0 Å². The first kappa shape index (κ1) is 18.6. The molecule has 1 aromatic carbocycles. The molecule has 0 unspecified atom stereocenters. The van der Waals surface area contributed by atoms with E-state index >= 15 is 0 Å². The third-order valence-electron chi connectivity index (χ3n) is 4.75. The van der Waals surface area contributed by atoms with Crippen molar-refractivity contribution in [2.75, 3.05) is 36.5 Å². The van der Waals surface area contributed by atoms with Crippen molar-refractivity contribution in [2.45, 2.75) is 13.8 Å². The van der Waals surface area contributed by atoms with E-state index in [1.54, 1.807) is 5.51 Å². The Labute approximate surface area is 168 Å². The predicted octanol–water partition coefficient (Wildman–Crippen LogP) is 3.91. The number of morpholine rings is 1. The summed E-state index contributed by atoms with van der Waals surface area (Å²) in [6, 6.07) is 9.56. The van der Waals surface area contributed by atoms with Crippen LogP contribution in [-0.2, 0) is 4.74 Å². The standard InChI is InChI=1S/C21H22N4O2S/c1-14-10-19(25-6-8-27-9-7-25)20(15(2)23-14)24-21(26)17-5-3-4-16(11-17)18-12-28-13-22-18/h3-5,10-13H,6-9H2,1-2H3,(H,24,26). The maximum Gasteiger partial charge on any atom is 0.255 e. The highest BCUT2D eigenvalue weighted by molar-refractivity contribution is 7.07. The fourth-order valence-electron chi connectivity index (χ4n) is 3.38. The first-order chi connectivity index (χ1) is 13.6. The van der Waals surface area contributed by atoms with Gasteiger partial charge in [0.2, 0.25) is 0 Å². The number of hydrogen-bond acceptors (Lipinski definition) is 6. The summed E-state index contributed by atoms with van der Waals surface area (Å²) in [6.45, 7) is 6.86. The molecule has 0 atom stereocenters. The van der Waals surface area contributed by atoms with Crippen LogP contribution in [0.3, 0.4) is 0 Å². The van der Waals surface area contributed by atoms with E-state index in [1.807, 2.05) is 49.6 Å². The summed E-state index contributed by atoms with van der Waals surface area (Å²) < 4.78 is 5.47. The van der Waals surface area contributed by atoms with E-state index < -0.39 is 0 Å². The van der Waals surface area contributed by atoms with Crippen LogP contribution < -0.4 is 10.2 Å². The van der Waals surface area contributed by atoms with Crippen LogP contribution in [0.4, 0.5) is 11.4 Å². The van der Waals surface area contributed by atoms with Gasteiger partial charge in [0.25, 0.3) is 5.91 Å². The van der Waals surface area contributed by atoms with E-state index in [4.69, 9.17) is 4.74 Å². The van der Waals surface area contributed by atoms with Crippen LogP contribution in [0.15, 0.2) is 41.2 Å². The summed E-state index contributed by atoms with van der Waals surface area (Å²) >= 11 is 1.54. The molecule has 1 aliphatic rings. The lowest BCUT2D eigenvalue weighted by Crippen LogP contribution is -2.37. The number of nitrogens with one attached hydrogen (secondary N) is 1. The molecule has 3 heterocycles. The molecule has 1 saturated heterocycles. The van der Waals surface area contributed by atoms with Crippen LogP contribution in [0.25, 0.3) is 11.3 Å². The number of thiazole rings is 1. The lowest BCUT2D eigenvalue weighted by Gasteiger charge is -2.31. The van der Waals surface area contributed by atoms with Crippen LogP contribution in [0, 0.1) is 13.8 Å². The Morgan fingerprint density at radius 2 is 2.04 bits per heavy atom. The van der Waals surface area contributed by atoms with Crippen molar-refractivity contribution in [1.82, 2.24) is 9.97 Å². The second-order valence-corrected chi connectivity index (χ2v) is 7.47. The average molecular weight is 395 g/mol. The van der Waals surface area contributed by atoms with Crippen LogP contribution in [0.5, 0.6) is 0 Å². The Morgan fingerprint density at radius 1 is 1.21 bits per heavy atom. The van der Waals surface area contributed by atoms with Crippen molar-refractivity contribution in [3.8, 4) is 11.3 Å². The highest BCUT2D eigenvalue weighted by Crippen LogP contribution is 2.31. The Bertz CT molecular complexity index is 982. The van der Waals surface area contributed by atoms with Crippen molar-refractivity contribution in [3.63, 3.8) is 0 Å². The van der Waals surface area contributed by atoms with Gasteiger partial charge in [-0.3, -0.25) is 9.78 Å². The third-order valence-corrected chi connectivity index (χ3v) is 5.34. The maximum atomic E-state index is 13.0. The van der Waals surface area contributed by atoms with Crippen LogP contribution in [-0.4, -0.2) is 42.2 Å². The molecule has 0 bridgehead atoms. The van der Waals surface area contributed by atoms with E-state index in [-0.39, 0.29) is 5.91 Å². The molecule has 1 N–H and O–H groups in total. The molecule has 0 spiro atoms. The normalized spacial score (nSPS) is 14.1. The number of pyridine rings is 1. The number of benzene rings is 1. The number of hydrogen-bond donors (Lipinski definition) is 1. The second kappa shape index (κ2) is 8.08. The van der Waals surface area contributed by atoms with Crippen molar-refractivity contribution in [3.05, 3.63) is 58.2 Å². The molecule has 1 aliphatic heterocycles. The number of anilines is 2. The van der Waals surface area contributed by atoms with E-state index in [2.05, 4.69) is 20.2 Å². The number of carbonyl (C=O) groups is 1. The Morgan fingerprint density at radius 3 is 2.79 bits per heavy atom. The summed E-state index contributed by atoms with van der Waals surface area (Å²) in [5, 5.41) is 5.06. The topological polar surface area (TPSA) is 67.3 Å². The third kappa shape index (κ3) is 3.90. The van der Waals surface area contributed by atoms with Crippen LogP contribution in [0.2, 0.25) is 0 Å². The lowest BCUT2D eigenvalue weighted by molar-refractivity contribution is 0.102. The van der Waals surface area contributed by atoms with Crippen molar-refractivity contribution < 1.29 is 9.53 Å². The van der Waals surface area contributed by atoms with Crippen molar-refractivity contribution >= 4 is 28.6 Å². The molecule has 0 radical (unpaired) electrons. The van der Waals surface area contributed by atoms with Crippen molar-refractivity contribution in [1.29, 1.82) is 0 Å². The maximum absolute atomic E-state index is 13.0. The van der Waals surface area contributed by atoms with Crippen LogP contribution in [0.1, 0.15) is 21.7 Å². The van der Waals surface area contributed by atoms with Gasteiger partial charge in [0.1, 0.15) is 0 Å². The number of amides is 1. The Balaban J connectivity index is 1.64. The summed E-state index contributed by atoms with van der Waals surface area (Å²) in [6.07, 6.45) is 0. The molecule has 6 nitrogen and oxygen atoms in total. The van der Waals surface area contributed by atoms with E-state index in [0.717, 1.165) is 47.1 Å². The van der Waals surface area contributed by atoms with Gasteiger partial charge in [-0.25, -0.2) is 4.98 Å². The summed E-state index contributed by atoms with van der Waals surface area (Å²) in [4.78, 5) is 24.1. The minimum absolute atomic E-state index is 0.152. The van der Waals surface area contributed by atoms with Gasteiger partial charge >= 0.3 is 0 Å². The monoisotopic (exact) mass is 394 g/mol. The minimum atomic E-state index is -0.152. The van der Waals surface area contributed by atoms with Gasteiger partial charge in [0.05, 0.1) is 41.5 Å². The molecule has 28 heavy (non-hydrogen) atoms. The molecule has 0 saturated carbocycles. The molecule has 2 aromatic heterocycles. The van der Waals surface area contributed by atoms with Gasteiger partial charge in [-0.1, -0.05) is 12.1 Å². The molecule has 144 valence electrons. The number of ether oxygens (including phenoxy) is 1. The molecule has 3 aromatic rings. The van der Waals surface area contributed by atoms with E-state index in [1.165, 1.54) is 11.3 Å². The number of aryl methyl sites for hydroxylation is 2. The fourth-order valence-corrected chi connectivity index (χ4v) is 3.94. The van der Waals surface area contributed by atoms with Gasteiger partial charge in [0.15, 0.2) is 0 Å². The van der Waals surface area contributed by atoms with Gasteiger partial charge in [-0.2, -0.15) is 0 Å². The second-order valence-electron chi connectivity index (χ2n) is 6.75.